The molecule has 17 heavy (non-hydrogen) atoms. The summed E-state index contributed by atoms with van der Waals surface area (Å²) >= 11 is 5.70. The zero-order valence-corrected chi connectivity index (χ0v) is 10.4. The first kappa shape index (κ1) is 14.0. The second kappa shape index (κ2) is 8.05. The van der Waals surface area contributed by atoms with Gasteiger partial charge >= 0.3 is 0 Å². The van der Waals surface area contributed by atoms with Crippen LogP contribution in [-0.2, 0) is 9.47 Å². The molecule has 1 aromatic rings. The van der Waals surface area contributed by atoms with Crippen LogP contribution in [0.4, 0.5) is 5.95 Å². The highest BCUT2D eigenvalue weighted by molar-refractivity contribution is 6.29. The summed E-state index contributed by atoms with van der Waals surface area (Å²) < 4.78 is 15.5. The summed E-state index contributed by atoms with van der Waals surface area (Å²) in [4.78, 5) is 7.61. The van der Waals surface area contributed by atoms with Gasteiger partial charge in [0.2, 0.25) is 11.8 Å². The Morgan fingerprint density at radius 2 is 2.06 bits per heavy atom. The summed E-state index contributed by atoms with van der Waals surface area (Å²) in [5.41, 5.74) is 5.42. The molecule has 0 bridgehead atoms. The Morgan fingerprint density at radius 1 is 1.24 bits per heavy atom. The fraction of sp³-hybridized carbons (Fsp3) is 0.600. The molecule has 6 nitrogen and oxygen atoms in total. The number of rotatable bonds is 8. The molecule has 0 aliphatic heterocycles. The Bertz CT molecular complexity index is 318. The van der Waals surface area contributed by atoms with Gasteiger partial charge in [0.1, 0.15) is 5.15 Å². The van der Waals surface area contributed by atoms with Crippen LogP contribution in [0.25, 0.3) is 0 Å². The molecule has 96 valence electrons. The van der Waals surface area contributed by atoms with E-state index in [0.29, 0.717) is 32.3 Å². The monoisotopic (exact) mass is 261 g/mol. The lowest BCUT2D eigenvalue weighted by molar-refractivity contribution is 0.0642. The Kier molecular flexibility index (Phi) is 6.61. The van der Waals surface area contributed by atoms with Gasteiger partial charge in [-0.05, 0) is 0 Å². The smallest absolute Gasteiger partial charge is 0.224 e. The first-order valence-corrected chi connectivity index (χ1v) is 5.59. The Labute approximate surface area is 105 Å². The molecule has 0 saturated heterocycles. The summed E-state index contributed by atoms with van der Waals surface area (Å²) in [6.07, 6.45) is 0.755. The van der Waals surface area contributed by atoms with Crippen LogP contribution in [0.2, 0.25) is 5.15 Å². The fourth-order valence-electron chi connectivity index (χ4n) is 1.07. The normalized spacial score (nSPS) is 10.5. The van der Waals surface area contributed by atoms with Crippen molar-refractivity contribution < 1.29 is 14.2 Å². The summed E-state index contributed by atoms with van der Waals surface area (Å²) in [5, 5.41) is 0.267. The molecule has 1 rings (SSSR count). The van der Waals surface area contributed by atoms with Crippen LogP contribution in [0.5, 0.6) is 5.88 Å². The maximum Gasteiger partial charge on any atom is 0.224 e. The van der Waals surface area contributed by atoms with Gasteiger partial charge < -0.3 is 19.9 Å². The van der Waals surface area contributed by atoms with Crippen molar-refractivity contribution in [1.82, 2.24) is 9.97 Å². The van der Waals surface area contributed by atoms with Gasteiger partial charge in [-0.25, -0.2) is 4.98 Å². The van der Waals surface area contributed by atoms with Gasteiger partial charge in [-0.15, -0.1) is 0 Å². The summed E-state index contributed by atoms with van der Waals surface area (Å²) in [5.74, 6) is 0.475. The molecule has 0 atom stereocenters. The van der Waals surface area contributed by atoms with Gasteiger partial charge in [-0.2, -0.15) is 4.98 Å². The highest BCUT2D eigenvalue weighted by Gasteiger charge is 2.01. The average molecular weight is 262 g/mol. The lowest BCUT2D eigenvalue weighted by atomic mass is 10.5. The molecule has 1 aromatic heterocycles. The van der Waals surface area contributed by atoms with Gasteiger partial charge in [-0.3, -0.25) is 0 Å². The van der Waals surface area contributed by atoms with E-state index in [1.807, 2.05) is 0 Å². The molecule has 0 aliphatic rings. The second-order valence-corrected chi connectivity index (χ2v) is 3.58. The number of aromatic nitrogens is 2. The molecule has 0 aliphatic carbocycles. The van der Waals surface area contributed by atoms with Crippen molar-refractivity contribution in [1.29, 1.82) is 0 Å². The highest BCUT2D eigenvalue weighted by atomic mass is 35.5. The number of anilines is 1. The van der Waals surface area contributed by atoms with Crippen LogP contribution >= 0.6 is 11.6 Å². The Morgan fingerprint density at radius 3 is 2.76 bits per heavy atom. The summed E-state index contributed by atoms with van der Waals surface area (Å²) in [6.45, 7) is 2.28. The third kappa shape index (κ3) is 6.25. The van der Waals surface area contributed by atoms with Crippen molar-refractivity contribution in [3.63, 3.8) is 0 Å². The van der Waals surface area contributed by atoms with E-state index >= 15 is 0 Å². The van der Waals surface area contributed by atoms with Crippen LogP contribution in [0.1, 0.15) is 6.42 Å². The highest BCUT2D eigenvalue weighted by Crippen LogP contribution is 2.14. The molecular formula is C10H16ClN3O3. The molecule has 0 radical (unpaired) electrons. The molecular weight excluding hydrogens is 246 g/mol. The number of halogens is 1. The number of ether oxygens (including phenoxy) is 3. The first-order chi connectivity index (χ1) is 8.22. The van der Waals surface area contributed by atoms with Crippen molar-refractivity contribution in [2.45, 2.75) is 6.42 Å². The minimum Gasteiger partial charge on any atom is -0.477 e. The maximum absolute atomic E-state index is 5.70. The Hall–Kier alpha value is -1.11. The van der Waals surface area contributed by atoms with Crippen LogP contribution in [0.3, 0.4) is 0 Å². The van der Waals surface area contributed by atoms with Crippen LogP contribution in [-0.4, -0.2) is 43.5 Å². The minimum atomic E-state index is 0.101. The number of nitrogens with two attached hydrogens (primary N) is 1. The zero-order chi connectivity index (χ0) is 12.5. The van der Waals surface area contributed by atoms with E-state index in [9.17, 15) is 0 Å². The molecule has 0 amide bonds. The molecule has 0 fully saturated rings. The number of hydrogen-bond acceptors (Lipinski definition) is 6. The van der Waals surface area contributed by atoms with E-state index in [2.05, 4.69) is 9.97 Å². The summed E-state index contributed by atoms with van der Waals surface area (Å²) in [7, 11) is 1.63. The predicted octanol–water partition coefficient (Wildman–Crippen LogP) is 1.14. The Balaban J connectivity index is 2.13. The van der Waals surface area contributed by atoms with E-state index in [-0.39, 0.29) is 11.1 Å². The second-order valence-electron chi connectivity index (χ2n) is 3.19. The van der Waals surface area contributed by atoms with Crippen molar-refractivity contribution in [3.8, 4) is 5.88 Å². The molecule has 0 spiro atoms. The predicted molar refractivity (Wildman–Crippen MR) is 64.3 cm³/mol. The topological polar surface area (TPSA) is 79.5 Å². The molecule has 1 heterocycles. The van der Waals surface area contributed by atoms with Gasteiger partial charge in [-0.1, -0.05) is 11.6 Å². The van der Waals surface area contributed by atoms with Crippen molar-refractivity contribution >= 4 is 17.5 Å². The quantitative estimate of drug-likeness (QED) is 0.558. The number of methoxy groups -OCH3 is 1. The van der Waals surface area contributed by atoms with Gasteiger partial charge in [0.05, 0.1) is 19.8 Å². The van der Waals surface area contributed by atoms with Crippen LogP contribution in [0, 0.1) is 0 Å². The van der Waals surface area contributed by atoms with E-state index in [1.165, 1.54) is 6.07 Å². The molecule has 0 saturated carbocycles. The van der Waals surface area contributed by atoms with Gasteiger partial charge in [0.25, 0.3) is 0 Å². The van der Waals surface area contributed by atoms with E-state index in [4.69, 9.17) is 31.5 Å². The average Bonchev–Trinajstić information content (AvgIpc) is 2.26. The van der Waals surface area contributed by atoms with Crippen LogP contribution in [0.15, 0.2) is 6.07 Å². The van der Waals surface area contributed by atoms with E-state index in [0.717, 1.165) is 6.42 Å². The van der Waals surface area contributed by atoms with E-state index < -0.39 is 0 Å². The van der Waals surface area contributed by atoms with Gasteiger partial charge in [0, 0.05) is 26.2 Å². The number of hydrogen-bond donors (Lipinski definition) is 1. The van der Waals surface area contributed by atoms with E-state index in [1.54, 1.807) is 7.11 Å². The molecule has 7 heteroatoms. The van der Waals surface area contributed by atoms with Crippen molar-refractivity contribution in [2.24, 2.45) is 0 Å². The largest absolute Gasteiger partial charge is 0.477 e. The first-order valence-electron chi connectivity index (χ1n) is 5.22. The lowest BCUT2D eigenvalue weighted by Crippen LogP contribution is -2.08. The zero-order valence-electron chi connectivity index (χ0n) is 9.69. The molecule has 0 aromatic carbocycles. The lowest BCUT2D eigenvalue weighted by Gasteiger charge is -2.06. The van der Waals surface area contributed by atoms with Crippen molar-refractivity contribution in [2.75, 3.05) is 39.3 Å². The van der Waals surface area contributed by atoms with Crippen molar-refractivity contribution in [3.05, 3.63) is 11.2 Å². The third-order valence-corrected chi connectivity index (χ3v) is 2.00. The third-order valence-electron chi connectivity index (χ3n) is 1.80. The minimum absolute atomic E-state index is 0.101. The standard InChI is InChI=1S/C10H16ClN3O3/c1-15-5-6-16-3-2-4-17-9-7-8(11)13-10(12)14-9/h7H,2-6H2,1H3,(H2,12,13,14). The summed E-state index contributed by atoms with van der Waals surface area (Å²) in [6, 6.07) is 1.52. The van der Waals surface area contributed by atoms with Crippen LogP contribution < -0.4 is 10.5 Å². The SMILES string of the molecule is COCCOCCCOc1cc(Cl)nc(N)n1. The molecule has 0 unspecified atom stereocenters. The number of nitrogen functional groups attached to an aromatic ring is 1. The maximum atomic E-state index is 5.70. The fourth-order valence-corrected chi connectivity index (χ4v) is 1.25. The number of nitrogens with zero attached hydrogens (tertiary/aromatic N) is 2. The van der Waals surface area contributed by atoms with Gasteiger partial charge in [0.15, 0.2) is 0 Å². The molecule has 2 N–H and O–H groups in total.